The van der Waals surface area contributed by atoms with Gasteiger partial charge < -0.3 is 14.8 Å². The Balaban J connectivity index is 2.21. The van der Waals surface area contributed by atoms with E-state index in [2.05, 4.69) is 10.0 Å². The van der Waals surface area contributed by atoms with Crippen molar-refractivity contribution in [1.29, 1.82) is 0 Å². The molecule has 2 aromatic rings. The minimum atomic E-state index is -3.95. The molecule has 1 atom stereocenters. The van der Waals surface area contributed by atoms with Gasteiger partial charge in [0.1, 0.15) is 16.4 Å². The highest BCUT2D eigenvalue weighted by molar-refractivity contribution is 7.89. The Morgan fingerprint density at radius 2 is 1.52 bits per heavy atom. The lowest BCUT2D eigenvalue weighted by Gasteiger charge is -2.17. The Bertz CT molecular complexity index is 941. The van der Waals surface area contributed by atoms with Crippen molar-refractivity contribution in [2.75, 3.05) is 19.5 Å². The van der Waals surface area contributed by atoms with Crippen molar-refractivity contribution in [3.05, 3.63) is 47.5 Å². The van der Waals surface area contributed by atoms with Gasteiger partial charge >= 0.3 is 0 Å². The quantitative estimate of drug-likeness (QED) is 0.755. The summed E-state index contributed by atoms with van der Waals surface area (Å²) in [5.41, 5.74) is 2.17. The second-order valence-electron chi connectivity index (χ2n) is 6.19. The molecule has 0 spiro atoms. The Hall–Kier alpha value is -2.58. The van der Waals surface area contributed by atoms with Crippen LogP contribution in [0, 0.1) is 13.8 Å². The van der Waals surface area contributed by atoms with E-state index in [0.29, 0.717) is 11.4 Å². The molecule has 0 heterocycles. The van der Waals surface area contributed by atoms with Crippen LogP contribution in [0.1, 0.15) is 18.1 Å². The van der Waals surface area contributed by atoms with Gasteiger partial charge in [0.05, 0.1) is 25.9 Å². The Kier molecular flexibility index (Phi) is 6.45. The molecule has 7 nitrogen and oxygen atoms in total. The number of amides is 1. The number of aryl methyl sites for hydroxylation is 2. The zero-order chi connectivity index (χ0) is 20.2. The second kappa shape index (κ2) is 8.41. The number of nitrogens with one attached hydrogen (secondary N) is 2. The summed E-state index contributed by atoms with van der Waals surface area (Å²) >= 11 is 0. The number of rotatable bonds is 7. The molecule has 0 saturated carbocycles. The molecule has 0 saturated heterocycles. The van der Waals surface area contributed by atoms with E-state index in [1.807, 2.05) is 13.0 Å². The molecule has 8 heteroatoms. The normalized spacial score (nSPS) is 12.3. The number of carbonyl (C=O) groups excluding carboxylic acids is 1. The predicted octanol–water partition coefficient (Wildman–Crippen LogP) is 2.63. The smallest absolute Gasteiger partial charge is 0.244 e. The fourth-order valence-electron chi connectivity index (χ4n) is 2.50. The molecule has 2 aromatic carbocycles. The lowest BCUT2D eigenvalue weighted by Crippen LogP contribution is -2.41. The Morgan fingerprint density at radius 1 is 0.963 bits per heavy atom. The van der Waals surface area contributed by atoms with Gasteiger partial charge in [-0.05, 0) is 56.2 Å². The van der Waals surface area contributed by atoms with Crippen LogP contribution in [0.4, 0.5) is 5.69 Å². The fraction of sp³-hybridized carbons (Fsp3) is 0.316. The molecule has 0 radical (unpaired) electrons. The van der Waals surface area contributed by atoms with Crippen LogP contribution in [0.2, 0.25) is 0 Å². The first kappa shape index (κ1) is 20.7. The summed E-state index contributed by atoms with van der Waals surface area (Å²) in [6.45, 7) is 5.13. The van der Waals surface area contributed by atoms with Gasteiger partial charge in [-0.15, -0.1) is 0 Å². The minimum Gasteiger partial charge on any atom is -0.495 e. The lowest BCUT2D eigenvalue weighted by atomic mass is 10.2. The number of ether oxygens (including phenoxy) is 2. The monoisotopic (exact) mass is 392 g/mol. The molecule has 0 unspecified atom stereocenters. The summed E-state index contributed by atoms with van der Waals surface area (Å²) in [5, 5.41) is 2.69. The molecule has 1 amide bonds. The standard InChI is InChI=1S/C19H24N2O5S/c1-12-6-8-16(25-4)15(10-12)20-19(22)14(3)21-27(23,24)18-11-13(2)7-9-17(18)26-5/h6-11,14,21H,1-5H3,(H,20,22)/t14-/m1/s1. The Morgan fingerprint density at radius 3 is 2.11 bits per heavy atom. The van der Waals surface area contributed by atoms with Crippen molar-refractivity contribution in [3.63, 3.8) is 0 Å². The van der Waals surface area contributed by atoms with Crippen molar-refractivity contribution in [2.45, 2.75) is 31.7 Å². The SMILES string of the molecule is COc1ccc(C)cc1NC(=O)[C@@H](C)NS(=O)(=O)c1cc(C)ccc1OC. The molecule has 0 bridgehead atoms. The first-order valence-corrected chi connectivity index (χ1v) is 9.78. The van der Waals surface area contributed by atoms with Gasteiger partial charge in [0.25, 0.3) is 0 Å². The zero-order valence-corrected chi connectivity index (χ0v) is 16.8. The maximum atomic E-state index is 12.7. The number of benzene rings is 2. The number of carbonyl (C=O) groups is 1. The molecular formula is C19H24N2O5S. The molecule has 2 N–H and O–H groups in total. The van der Waals surface area contributed by atoms with Crippen LogP contribution in [0.5, 0.6) is 11.5 Å². The van der Waals surface area contributed by atoms with Crippen molar-refractivity contribution < 1.29 is 22.7 Å². The Labute approximate surface area is 159 Å². The third-order valence-electron chi connectivity index (χ3n) is 3.95. The van der Waals surface area contributed by atoms with Gasteiger partial charge in [-0.1, -0.05) is 12.1 Å². The summed E-state index contributed by atoms with van der Waals surface area (Å²) in [6, 6.07) is 9.15. The van der Waals surface area contributed by atoms with Crippen LogP contribution < -0.4 is 19.5 Å². The largest absolute Gasteiger partial charge is 0.495 e. The molecule has 27 heavy (non-hydrogen) atoms. The summed E-state index contributed by atoms with van der Waals surface area (Å²) in [7, 11) is -1.06. The molecule has 146 valence electrons. The van der Waals surface area contributed by atoms with Crippen LogP contribution in [0.25, 0.3) is 0 Å². The molecule has 0 fully saturated rings. The van der Waals surface area contributed by atoms with E-state index in [1.165, 1.54) is 27.2 Å². The summed E-state index contributed by atoms with van der Waals surface area (Å²) in [4.78, 5) is 12.5. The summed E-state index contributed by atoms with van der Waals surface area (Å²) < 4.78 is 38.2. The third-order valence-corrected chi connectivity index (χ3v) is 5.51. The second-order valence-corrected chi connectivity index (χ2v) is 7.87. The van der Waals surface area contributed by atoms with Gasteiger partial charge in [-0.2, -0.15) is 4.72 Å². The lowest BCUT2D eigenvalue weighted by molar-refractivity contribution is -0.117. The van der Waals surface area contributed by atoms with E-state index in [-0.39, 0.29) is 10.6 Å². The number of sulfonamides is 1. The van der Waals surface area contributed by atoms with Crippen LogP contribution in [-0.2, 0) is 14.8 Å². The number of anilines is 1. The van der Waals surface area contributed by atoms with Crippen LogP contribution in [-0.4, -0.2) is 34.6 Å². The fourth-order valence-corrected chi connectivity index (χ4v) is 3.96. The molecule has 0 aliphatic carbocycles. The predicted molar refractivity (Wildman–Crippen MR) is 104 cm³/mol. The van der Waals surface area contributed by atoms with Crippen LogP contribution in [0.15, 0.2) is 41.3 Å². The molecule has 0 aliphatic heterocycles. The molecular weight excluding hydrogens is 368 g/mol. The first-order valence-electron chi connectivity index (χ1n) is 8.30. The van der Waals surface area contributed by atoms with Gasteiger partial charge in [0.2, 0.25) is 15.9 Å². The van der Waals surface area contributed by atoms with E-state index < -0.39 is 22.0 Å². The molecule has 2 rings (SSSR count). The molecule has 0 aliphatic rings. The van der Waals surface area contributed by atoms with Crippen molar-refractivity contribution in [3.8, 4) is 11.5 Å². The average molecular weight is 392 g/mol. The molecule has 0 aromatic heterocycles. The van der Waals surface area contributed by atoms with Crippen molar-refractivity contribution in [2.24, 2.45) is 0 Å². The number of methoxy groups -OCH3 is 2. The van der Waals surface area contributed by atoms with E-state index in [9.17, 15) is 13.2 Å². The third kappa shape index (κ3) is 4.99. The highest BCUT2D eigenvalue weighted by Crippen LogP contribution is 2.26. The highest BCUT2D eigenvalue weighted by Gasteiger charge is 2.25. The number of hydrogen-bond donors (Lipinski definition) is 2. The zero-order valence-electron chi connectivity index (χ0n) is 16.0. The topological polar surface area (TPSA) is 93.7 Å². The van der Waals surface area contributed by atoms with Crippen LogP contribution in [0.3, 0.4) is 0 Å². The van der Waals surface area contributed by atoms with E-state index in [4.69, 9.17) is 9.47 Å². The van der Waals surface area contributed by atoms with Gasteiger partial charge in [0, 0.05) is 0 Å². The average Bonchev–Trinajstić information content (AvgIpc) is 2.61. The maximum Gasteiger partial charge on any atom is 0.244 e. The maximum absolute atomic E-state index is 12.7. The van der Waals surface area contributed by atoms with Gasteiger partial charge in [-0.3, -0.25) is 4.79 Å². The number of hydrogen-bond acceptors (Lipinski definition) is 5. The first-order chi connectivity index (χ1) is 12.7. The van der Waals surface area contributed by atoms with Crippen molar-refractivity contribution >= 4 is 21.6 Å². The van der Waals surface area contributed by atoms with E-state index in [1.54, 1.807) is 31.2 Å². The summed E-state index contributed by atoms with van der Waals surface area (Å²) in [6.07, 6.45) is 0. The highest BCUT2D eigenvalue weighted by atomic mass is 32.2. The van der Waals surface area contributed by atoms with Gasteiger partial charge in [-0.25, -0.2) is 8.42 Å². The van der Waals surface area contributed by atoms with Crippen LogP contribution >= 0.6 is 0 Å². The minimum absolute atomic E-state index is 0.0159. The van der Waals surface area contributed by atoms with Gasteiger partial charge in [0.15, 0.2) is 0 Å². The van der Waals surface area contributed by atoms with Crippen molar-refractivity contribution in [1.82, 2.24) is 4.72 Å². The summed E-state index contributed by atoms with van der Waals surface area (Å²) in [5.74, 6) is 0.194. The van der Waals surface area contributed by atoms with E-state index in [0.717, 1.165) is 11.1 Å². The van der Waals surface area contributed by atoms with E-state index >= 15 is 0 Å².